The molecule has 2 fully saturated rings. The van der Waals surface area contributed by atoms with Crippen LogP contribution in [0, 0.1) is 11.6 Å². The minimum atomic E-state index is -0.648. The van der Waals surface area contributed by atoms with Gasteiger partial charge < -0.3 is 10.6 Å². The fraction of sp³-hybridized carbons (Fsp3) is 0.435. The van der Waals surface area contributed by atoms with Crippen LogP contribution in [0.3, 0.4) is 0 Å². The molecule has 4 rings (SSSR count). The molecule has 0 saturated carbocycles. The van der Waals surface area contributed by atoms with Crippen molar-refractivity contribution < 1.29 is 13.6 Å². The Morgan fingerprint density at radius 1 is 0.643 bits per heavy atom. The standard InChI is InChI=1S/C23H26F2N2O/c24-19-5-1-17(2-6-19)22(9-13-26-14-10-22)21(28)23(11-15-27-16-12-23)18-3-7-20(25)8-4-18/h1-8,26-27H,9-16H2. The van der Waals surface area contributed by atoms with E-state index in [1.165, 1.54) is 24.3 Å². The summed E-state index contributed by atoms with van der Waals surface area (Å²) >= 11 is 0. The maximum Gasteiger partial charge on any atom is 0.154 e. The Labute approximate surface area is 164 Å². The molecule has 0 spiro atoms. The number of piperidine rings is 2. The van der Waals surface area contributed by atoms with Gasteiger partial charge in [0.1, 0.15) is 11.6 Å². The van der Waals surface area contributed by atoms with Crippen LogP contribution in [-0.2, 0) is 15.6 Å². The molecule has 0 unspecified atom stereocenters. The van der Waals surface area contributed by atoms with Crippen molar-refractivity contribution in [1.82, 2.24) is 10.6 Å². The minimum Gasteiger partial charge on any atom is -0.317 e. The molecular formula is C23H26F2N2O. The molecule has 0 aliphatic carbocycles. The number of rotatable bonds is 4. The molecule has 0 atom stereocenters. The van der Waals surface area contributed by atoms with Gasteiger partial charge in [-0.1, -0.05) is 24.3 Å². The number of carbonyl (C=O) groups is 1. The highest BCUT2D eigenvalue weighted by atomic mass is 19.1. The summed E-state index contributed by atoms with van der Waals surface area (Å²) < 4.78 is 27.1. The Bertz CT molecular complexity index is 751. The molecule has 28 heavy (non-hydrogen) atoms. The van der Waals surface area contributed by atoms with Crippen LogP contribution in [0.2, 0.25) is 0 Å². The van der Waals surface area contributed by atoms with E-state index in [0.717, 1.165) is 37.3 Å². The zero-order chi connectivity index (χ0) is 19.6. The van der Waals surface area contributed by atoms with Crippen molar-refractivity contribution in [1.29, 1.82) is 0 Å². The summed E-state index contributed by atoms with van der Waals surface area (Å²) in [5, 5.41) is 6.70. The molecule has 148 valence electrons. The first-order chi connectivity index (χ1) is 13.6. The maximum atomic E-state index is 14.3. The van der Waals surface area contributed by atoms with Crippen molar-refractivity contribution in [3.8, 4) is 0 Å². The van der Waals surface area contributed by atoms with Gasteiger partial charge in [-0.3, -0.25) is 4.79 Å². The number of hydrogen-bond acceptors (Lipinski definition) is 3. The maximum absolute atomic E-state index is 14.3. The predicted octanol–water partition coefficient (Wildman–Crippen LogP) is 3.48. The van der Waals surface area contributed by atoms with E-state index in [4.69, 9.17) is 0 Å². The van der Waals surface area contributed by atoms with Gasteiger partial charge in [-0.25, -0.2) is 8.78 Å². The summed E-state index contributed by atoms with van der Waals surface area (Å²) in [6, 6.07) is 12.8. The summed E-state index contributed by atoms with van der Waals surface area (Å²) in [6.45, 7) is 3.00. The molecule has 0 aromatic heterocycles. The SMILES string of the molecule is O=C(C1(c2ccc(F)cc2)CCNCC1)C1(c2ccc(F)cc2)CCNCC1. The van der Waals surface area contributed by atoms with Gasteiger partial charge in [0, 0.05) is 0 Å². The molecule has 2 heterocycles. The van der Waals surface area contributed by atoms with Crippen LogP contribution in [0.1, 0.15) is 36.8 Å². The zero-order valence-corrected chi connectivity index (χ0v) is 15.9. The lowest BCUT2D eigenvalue weighted by Crippen LogP contribution is -2.56. The first-order valence-electron chi connectivity index (χ1n) is 10.1. The van der Waals surface area contributed by atoms with E-state index in [0.29, 0.717) is 25.7 Å². The summed E-state index contributed by atoms with van der Waals surface area (Å²) in [6.07, 6.45) is 2.75. The molecule has 2 N–H and O–H groups in total. The summed E-state index contributed by atoms with van der Waals surface area (Å²) in [5.74, 6) is -0.396. The lowest BCUT2D eigenvalue weighted by molar-refractivity contribution is -0.132. The van der Waals surface area contributed by atoms with Gasteiger partial charge in [0.25, 0.3) is 0 Å². The zero-order valence-electron chi connectivity index (χ0n) is 15.9. The average Bonchev–Trinajstić information content (AvgIpc) is 2.75. The van der Waals surface area contributed by atoms with Crippen molar-refractivity contribution in [2.24, 2.45) is 0 Å². The fourth-order valence-corrected chi connectivity index (χ4v) is 5.00. The average molecular weight is 384 g/mol. The Kier molecular flexibility index (Phi) is 5.30. The number of ketones is 1. The van der Waals surface area contributed by atoms with Crippen molar-refractivity contribution in [3.05, 3.63) is 71.3 Å². The van der Waals surface area contributed by atoms with E-state index in [1.807, 2.05) is 0 Å². The van der Waals surface area contributed by atoms with Gasteiger partial charge in [0.15, 0.2) is 5.78 Å². The van der Waals surface area contributed by atoms with Gasteiger partial charge >= 0.3 is 0 Å². The number of hydrogen-bond donors (Lipinski definition) is 2. The Hall–Kier alpha value is -2.11. The second kappa shape index (κ2) is 7.72. The first kappa shape index (κ1) is 19.2. The Balaban J connectivity index is 1.82. The van der Waals surface area contributed by atoms with Crippen molar-refractivity contribution >= 4 is 5.78 Å². The van der Waals surface area contributed by atoms with Crippen LogP contribution < -0.4 is 10.6 Å². The smallest absolute Gasteiger partial charge is 0.154 e. The van der Waals surface area contributed by atoms with Gasteiger partial charge in [-0.05, 0) is 87.3 Å². The summed E-state index contributed by atoms with van der Waals surface area (Å²) in [5.41, 5.74) is 0.482. The van der Waals surface area contributed by atoms with E-state index in [2.05, 4.69) is 10.6 Å². The predicted molar refractivity (Wildman–Crippen MR) is 105 cm³/mol. The molecule has 2 aromatic carbocycles. The normalized spacial score (nSPS) is 21.2. The van der Waals surface area contributed by atoms with Crippen molar-refractivity contribution in [2.45, 2.75) is 36.5 Å². The molecule has 2 aliphatic heterocycles. The Morgan fingerprint density at radius 3 is 1.29 bits per heavy atom. The van der Waals surface area contributed by atoms with E-state index >= 15 is 0 Å². The highest BCUT2D eigenvalue weighted by Gasteiger charge is 2.52. The quantitative estimate of drug-likeness (QED) is 0.848. The molecule has 3 nitrogen and oxygen atoms in total. The topological polar surface area (TPSA) is 41.1 Å². The van der Waals surface area contributed by atoms with Crippen molar-refractivity contribution in [3.63, 3.8) is 0 Å². The molecule has 0 bridgehead atoms. The third kappa shape index (κ3) is 3.27. The molecule has 2 saturated heterocycles. The number of nitrogens with one attached hydrogen (secondary N) is 2. The Morgan fingerprint density at radius 2 is 0.964 bits per heavy atom. The van der Waals surface area contributed by atoms with Gasteiger partial charge in [0.2, 0.25) is 0 Å². The van der Waals surface area contributed by atoms with E-state index in [-0.39, 0.29) is 17.4 Å². The molecule has 0 amide bonds. The first-order valence-corrected chi connectivity index (χ1v) is 10.1. The molecule has 2 aliphatic rings. The molecule has 0 radical (unpaired) electrons. The van der Waals surface area contributed by atoms with Crippen LogP contribution >= 0.6 is 0 Å². The van der Waals surface area contributed by atoms with E-state index in [1.54, 1.807) is 24.3 Å². The largest absolute Gasteiger partial charge is 0.317 e. The lowest BCUT2D eigenvalue weighted by atomic mass is 9.57. The summed E-state index contributed by atoms with van der Waals surface area (Å²) in [7, 11) is 0. The van der Waals surface area contributed by atoms with E-state index in [9.17, 15) is 13.6 Å². The number of halogens is 2. The minimum absolute atomic E-state index is 0.196. The summed E-state index contributed by atoms with van der Waals surface area (Å²) in [4.78, 5) is 14.3. The lowest BCUT2D eigenvalue weighted by Gasteiger charge is -2.46. The third-order valence-electron chi connectivity index (χ3n) is 6.58. The van der Waals surface area contributed by atoms with Crippen molar-refractivity contribution in [2.75, 3.05) is 26.2 Å². The highest BCUT2D eigenvalue weighted by molar-refractivity contribution is 5.99. The monoisotopic (exact) mass is 384 g/mol. The van der Waals surface area contributed by atoms with Gasteiger partial charge in [-0.15, -0.1) is 0 Å². The van der Waals surface area contributed by atoms with Crippen LogP contribution in [-0.4, -0.2) is 32.0 Å². The van der Waals surface area contributed by atoms with Crippen LogP contribution in [0.5, 0.6) is 0 Å². The highest BCUT2D eigenvalue weighted by Crippen LogP contribution is 2.45. The van der Waals surface area contributed by atoms with E-state index < -0.39 is 10.8 Å². The third-order valence-corrected chi connectivity index (χ3v) is 6.58. The molecule has 2 aromatic rings. The van der Waals surface area contributed by atoms with Gasteiger partial charge in [-0.2, -0.15) is 0 Å². The number of benzene rings is 2. The van der Waals surface area contributed by atoms with Crippen LogP contribution in [0.15, 0.2) is 48.5 Å². The van der Waals surface area contributed by atoms with Crippen LogP contribution in [0.4, 0.5) is 8.78 Å². The fourth-order valence-electron chi connectivity index (χ4n) is 5.00. The molecular weight excluding hydrogens is 358 g/mol. The van der Waals surface area contributed by atoms with Crippen LogP contribution in [0.25, 0.3) is 0 Å². The number of carbonyl (C=O) groups excluding carboxylic acids is 1. The van der Waals surface area contributed by atoms with Gasteiger partial charge in [0.05, 0.1) is 10.8 Å². The second-order valence-corrected chi connectivity index (χ2v) is 8.01. The second-order valence-electron chi connectivity index (χ2n) is 8.01. The number of Topliss-reactive ketones (excluding diaryl/α,β-unsaturated/α-hetero) is 1. The molecule has 5 heteroatoms.